The summed E-state index contributed by atoms with van der Waals surface area (Å²) >= 11 is 2.95. The van der Waals surface area contributed by atoms with Crippen LogP contribution in [-0.2, 0) is 16.1 Å². The van der Waals surface area contributed by atoms with Crippen LogP contribution < -0.4 is 10.2 Å². The van der Waals surface area contributed by atoms with E-state index >= 15 is 0 Å². The van der Waals surface area contributed by atoms with E-state index in [0.29, 0.717) is 18.2 Å². The Balaban J connectivity index is 1.41. The Labute approximate surface area is 208 Å². The summed E-state index contributed by atoms with van der Waals surface area (Å²) in [6, 6.07) is 12.2. The molecule has 34 heavy (non-hydrogen) atoms. The Morgan fingerprint density at radius 1 is 1.15 bits per heavy atom. The largest absolute Gasteiger partial charge is 0.350 e. The van der Waals surface area contributed by atoms with Crippen LogP contribution in [0.1, 0.15) is 30.2 Å². The molecule has 1 aromatic carbocycles. The number of nitrogens with one attached hydrogen (secondary N) is 1. The second-order valence-electron chi connectivity index (χ2n) is 8.20. The number of aromatic nitrogens is 3. The number of thiophene rings is 1. The maximum atomic E-state index is 12.9. The van der Waals surface area contributed by atoms with E-state index in [1.807, 2.05) is 29.0 Å². The van der Waals surface area contributed by atoms with Crippen LogP contribution in [0.3, 0.4) is 0 Å². The zero-order valence-electron chi connectivity index (χ0n) is 19.6. The molecule has 0 radical (unpaired) electrons. The van der Waals surface area contributed by atoms with E-state index in [4.69, 9.17) is 0 Å². The van der Waals surface area contributed by atoms with Crippen LogP contribution in [-0.4, -0.2) is 63.4 Å². The number of hydrogen-bond donors (Lipinski definition) is 1. The fraction of sp³-hybridized carbons (Fsp3) is 0.417. The summed E-state index contributed by atoms with van der Waals surface area (Å²) in [5.74, 6) is 0.750. The number of thioether (sulfide) groups is 1. The molecule has 180 valence electrons. The third-order valence-corrected chi connectivity index (χ3v) is 7.52. The molecular formula is C24H30N6O2S2. The van der Waals surface area contributed by atoms with Crippen LogP contribution in [0.4, 0.5) is 5.95 Å². The molecule has 0 unspecified atom stereocenters. The molecule has 3 aromatic rings. The Kier molecular flexibility index (Phi) is 8.23. The molecule has 2 aromatic heterocycles. The van der Waals surface area contributed by atoms with Gasteiger partial charge in [0.1, 0.15) is 0 Å². The van der Waals surface area contributed by atoms with Crippen molar-refractivity contribution in [2.45, 2.75) is 38.4 Å². The van der Waals surface area contributed by atoms with Crippen molar-refractivity contribution in [2.75, 3.05) is 36.8 Å². The number of hydrogen-bond acceptors (Lipinski definition) is 7. The van der Waals surface area contributed by atoms with Gasteiger partial charge in [-0.1, -0.05) is 35.5 Å². The molecule has 10 heteroatoms. The summed E-state index contributed by atoms with van der Waals surface area (Å²) in [6.45, 7) is 6.85. The highest BCUT2D eigenvalue weighted by Crippen LogP contribution is 2.29. The van der Waals surface area contributed by atoms with Gasteiger partial charge in [-0.3, -0.25) is 14.2 Å². The molecule has 1 aliphatic heterocycles. The second-order valence-corrected chi connectivity index (χ2v) is 10.2. The van der Waals surface area contributed by atoms with E-state index in [1.54, 1.807) is 16.2 Å². The Morgan fingerprint density at radius 3 is 2.59 bits per heavy atom. The van der Waals surface area contributed by atoms with Crippen molar-refractivity contribution in [3.8, 4) is 5.69 Å². The number of carbonyl (C=O) groups is 2. The third kappa shape index (κ3) is 5.98. The van der Waals surface area contributed by atoms with Crippen molar-refractivity contribution in [3.63, 3.8) is 0 Å². The Bertz CT molecular complexity index is 1090. The lowest BCUT2D eigenvalue weighted by Gasteiger charge is -2.21. The fourth-order valence-electron chi connectivity index (χ4n) is 3.82. The van der Waals surface area contributed by atoms with Gasteiger partial charge in [-0.25, -0.2) is 0 Å². The summed E-state index contributed by atoms with van der Waals surface area (Å²) in [6.07, 6.45) is 2.28. The van der Waals surface area contributed by atoms with E-state index in [-0.39, 0.29) is 24.1 Å². The first-order valence-corrected chi connectivity index (χ1v) is 13.4. The molecule has 0 spiro atoms. The molecule has 0 aliphatic carbocycles. The fourth-order valence-corrected chi connectivity index (χ4v) is 5.31. The second kappa shape index (κ2) is 11.5. The molecule has 1 aliphatic rings. The van der Waals surface area contributed by atoms with Crippen molar-refractivity contribution in [2.24, 2.45) is 0 Å². The van der Waals surface area contributed by atoms with Crippen molar-refractivity contribution >= 4 is 40.9 Å². The van der Waals surface area contributed by atoms with Crippen LogP contribution in [0, 0.1) is 6.92 Å². The standard InChI is InChI=1S/C24H30N6O2S2/c1-3-28(16-21(31)25-15-20-7-6-14-33-20)22(32)17-34-24-27-26-23(29-12-4-5-13-29)30(24)19-10-8-18(2)9-11-19/h6-11,14H,3-5,12-13,15-17H2,1-2H3,(H,25,31). The summed E-state index contributed by atoms with van der Waals surface area (Å²) in [4.78, 5) is 30.2. The number of anilines is 1. The molecule has 3 heterocycles. The van der Waals surface area contributed by atoms with E-state index in [2.05, 4.69) is 51.6 Å². The SMILES string of the molecule is CCN(CC(=O)NCc1cccs1)C(=O)CSc1nnc(N2CCCC2)n1-c1ccc(C)cc1. The minimum Gasteiger partial charge on any atom is -0.350 e. The van der Waals surface area contributed by atoms with Crippen LogP contribution in [0.5, 0.6) is 0 Å². The average molecular weight is 499 g/mol. The van der Waals surface area contributed by atoms with Gasteiger partial charge in [0.25, 0.3) is 0 Å². The summed E-state index contributed by atoms with van der Waals surface area (Å²) < 4.78 is 2.03. The number of benzene rings is 1. The number of likely N-dealkylation sites (N-methyl/N-ethyl adjacent to an activating group) is 1. The van der Waals surface area contributed by atoms with Crippen LogP contribution in [0.15, 0.2) is 46.9 Å². The van der Waals surface area contributed by atoms with Crippen molar-refractivity contribution in [1.29, 1.82) is 0 Å². The first-order valence-electron chi connectivity index (χ1n) is 11.5. The summed E-state index contributed by atoms with van der Waals surface area (Å²) in [7, 11) is 0. The lowest BCUT2D eigenvalue weighted by atomic mass is 10.2. The minimum absolute atomic E-state index is 0.0466. The number of carbonyl (C=O) groups excluding carboxylic acids is 2. The van der Waals surface area contributed by atoms with Crippen molar-refractivity contribution in [3.05, 3.63) is 52.2 Å². The summed E-state index contributed by atoms with van der Waals surface area (Å²) in [5.41, 5.74) is 2.16. The quantitative estimate of drug-likeness (QED) is 0.431. The maximum Gasteiger partial charge on any atom is 0.239 e. The van der Waals surface area contributed by atoms with E-state index in [9.17, 15) is 9.59 Å². The van der Waals surface area contributed by atoms with Gasteiger partial charge in [-0.2, -0.15) is 0 Å². The zero-order chi connectivity index (χ0) is 23.9. The maximum absolute atomic E-state index is 12.9. The lowest BCUT2D eigenvalue weighted by Crippen LogP contribution is -2.41. The molecule has 1 saturated heterocycles. The first-order chi connectivity index (χ1) is 16.5. The van der Waals surface area contributed by atoms with E-state index in [1.165, 1.54) is 17.3 Å². The smallest absolute Gasteiger partial charge is 0.239 e. The summed E-state index contributed by atoms with van der Waals surface area (Å²) in [5, 5.41) is 14.4. The first kappa shape index (κ1) is 24.3. The molecule has 1 N–H and O–H groups in total. The van der Waals surface area contributed by atoms with Gasteiger partial charge < -0.3 is 15.1 Å². The highest BCUT2D eigenvalue weighted by atomic mass is 32.2. The van der Waals surface area contributed by atoms with Crippen molar-refractivity contribution in [1.82, 2.24) is 25.0 Å². The van der Waals surface area contributed by atoms with E-state index < -0.39 is 0 Å². The topological polar surface area (TPSA) is 83.4 Å². The van der Waals surface area contributed by atoms with Gasteiger partial charge in [0.2, 0.25) is 17.8 Å². The predicted molar refractivity (Wildman–Crippen MR) is 137 cm³/mol. The average Bonchev–Trinajstić information content (AvgIpc) is 3.61. The Hall–Kier alpha value is -2.85. The number of nitrogens with zero attached hydrogens (tertiary/aromatic N) is 5. The van der Waals surface area contributed by atoms with Crippen LogP contribution in [0.2, 0.25) is 0 Å². The Morgan fingerprint density at radius 2 is 1.91 bits per heavy atom. The van der Waals surface area contributed by atoms with Gasteiger partial charge in [0.05, 0.1) is 24.5 Å². The molecular weight excluding hydrogens is 468 g/mol. The van der Waals surface area contributed by atoms with Gasteiger partial charge in [-0.15, -0.1) is 21.5 Å². The van der Waals surface area contributed by atoms with Gasteiger partial charge in [0, 0.05) is 24.5 Å². The monoisotopic (exact) mass is 498 g/mol. The number of rotatable bonds is 10. The normalized spacial score (nSPS) is 13.3. The minimum atomic E-state index is -0.159. The van der Waals surface area contributed by atoms with Crippen LogP contribution in [0.25, 0.3) is 5.69 Å². The molecule has 0 bridgehead atoms. The van der Waals surface area contributed by atoms with Gasteiger partial charge in [0.15, 0.2) is 5.16 Å². The number of amides is 2. The highest BCUT2D eigenvalue weighted by Gasteiger charge is 2.24. The molecule has 0 saturated carbocycles. The third-order valence-electron chi connectivity index (χ3n) is 5.73. The molecule has 4 rings (SSSR count). The van der Waals surface area contributed by atoms with Crippen LogP contribution >= 0.6 is 23.1 Å². The lowest BCUT2D eigenvalue weighted by molar-refractivity contribution is -0.133. The highest BCUT2D eigenvalue weighted by molar-refractivity contribution is 7.99. The van der Waals surface area contributed by atoms with Crippen molar-refractivity contribution < 1.29 is 9.59 Å². The molecule has 1 fully saturated rings. The number of aryl methyl sites for hydroxylation is 1. The van der Waals surface area contributed by atoms with Gasteiger partial charge in [-0.05, 0) is 50.3 Å². The van der Waals surface area contributed by atoms with Gasteiger partial charge >= 0.3 is 0 Å². The van der Waals surface area contributed by atoms with E-state index in [0.717, 1.165) is 42.4 Å². The molecule has 2 amide bonds. The predicted octanol–water partition coefficient (Wildman–Crippen LogP) is 3.49. The zero-order valence-corrected chi connectivity index (χ0v) is 21.2. The molecule has 0 atom stereocenters. The molecule has 8 nitrogen and oxygen atoms in total.